The van der Waals surface area contributed by atoms with E-state index < -0.39 is 0 Å². The van der Waals surface area contributed by atoms with Gasteiger partial charge in [-0.05, 0) is 14.0 Å². The number of nitrogens with two attached hydrogens (primary N) is 1. The van der Waals surface area contributed by atoms with E-state index in [1.165, 1.54) is 4.88 Å². The van der Waals surface area contributed by atoms with E-state index >= 15 is 0 Å². The van der Waals surface area contributed by atoms with Crippen LogP contribution in [0.15, 0.2) is 0 Å². The van der Waals surface area contributed by atoms with Crippen molar-refractivity contribution in [2.24, 2.45) is 5.73 Å². The molecule has 0 radical (unpaired) electrons. The first-order valence-electron chi connectivity index (χ1n) is 3.57. The molecule has 0 aromatic carbocycles. The highest BCUT2D eigenvalue weighted by Crippen LogP contribution is 2.16. The van der Waals surface area contributed by atoms with Gasteiger partial charge in [-0.1, -0.05) is 0 Å². The number of nitrogens with zero attached hydrogens (tertiary/aromatic N) is 1. The minimum absolute atomic E-state index is 0.551. The zero-order chi connectivity index (χ0) is 8.27. The van der Waals surface area contributed by atoms with Crippen LogP contribution in [-0.4, -0.2) is 12.0 Å². The molecular formula is C7H13N3S. The second-order valence-electron chi connectivity index (χ2n) is 2.34. The van der Waals surface area contributed by atoms with Crippen LogP contribution in [-0.2, 0) is 13.1 Å². The van der Waals surface area contributed by atoms with E-state index in [1.54, 1.807) is 11.3 Å². The quantitative estimate of drug-likeness (QED) is 0.701. The van der Waals surface area contributed by atoms with Crippen LogP contribution in [0.1, 0.15) is 15.6 Å². The van der Waals surface area contributed by atoms with E-state index in [4.69, 9.17) is 5.73 Å². The maximum atomic E-state index is 5.46. The Labute approximate surface area is 70.6 Å². The van der Waals surface area contributed by atoms with Gasteiger partial charge in [-0.2, -0.15) is 0 Å². The van der Waals surface area contributed by atoms with Crippen LogP contribution >= 0.6 is 11.3 Å². The maximum Gasteiger partial charge on any atom is 0.107 e. The van der Waals surface area contributed by atoms with Crippen molar-refractivity contribution in [3.05, 3.63) is 15.6 Å². The topological polar surface area (TPSA) is 50.9 Å². The van der Waals surface area contributed by atoms with Crippen molar-refractivity contribution in [3.63, 3.8) is 0 Å². The standard InChI is InChI=1S/C7H13N3S/c1-5-6(4-9-2)10-7(3-8)11-5/h9H,3-4,8H2,1-2H3. The lowest BCUT2D eigenvalue weighted by Crippen LogP contribution is -2.06. The summed E-state index contributed by atoms with van der Waals surface area (Å²) in [5.41, 5.74) is 6.58. The molecule has 0 amide bonds. The summed E-state index contributed by atoms with van der Waals surface area (Å²) in [5, 5.41) is 4.09. The Morgan fingerprint density at radius 3 is 2.82 bits per heavy atom. The van der Waals surface area contributed by atoms with Gasteiger partial charge < -0.3 is 11.1 Å². The molecule has 1 aromatic rings. The van der Waals surface area contributed by atoms with Crippen molar-refractivity contribution in [1.82, 2.24) is 10.3 Å². The Bertz CT molecular complexity index is 232. The van der Waals surface area contributed by atoms with Crippen LogP contribution in [0.3, 0.4) is 0 Å². The first-order chi connectivity index (χ1) is 5.27. The fourth-order valence-electron chi connectivity index (χ4n) is 0.906. The van der Waals surface area contributed by atoms with Crippen molar-refractivity contribution in [1.29, 1.82) is 0 Å². The van der Waals surface area contributed by atoms with Crippen molar-refractivity contribution in [3.8, 4) is 0 Å². The Hall–Kier alpha value is -0.450. The summed E-state index contributed by atoms with van der Waals surface area (Å²) in [4.78, 5) is 5.61. The van der Waals surface area contributed by atoms with Crippen LogP contribution < -0.4 is 11.1 Å². The number of hydrogen-bond donors (Lipinski definition) is 2. The molecule has 4 heteroatoms. The lowest BCUT2D eigenvalue weighted by molar-refractivity contribution is 0.786. The average molecular weight is 171 g/mol. The second-order valence-corrected chi connectivity index (χ2v) is 3.63. The van der Waals surface area contributed by atoms with Crippen molar-refractivity contribution >= 4 is 11.3 Å². The summed E-state index contributed by atoms with van der Waals surface area (Å²) in [6.07, 6.45) is 0. The van der Waals surface area contributed by atoms with Crippen molar-refractivity contribution < 1.29 is 0 Å². The van der Waals surface area contributed by atoms with Crippen LogP contribution in [0, 0.1) is 6.92 Å². The number of rotatable bonds is 3. The molecule has 3 nitrogen and oxygen atoms in total. The molecule has 0 unspecified atom stereocenters. The molecule has 0 saturated heterocycles. The van der Waals surface area contributed by atoms with E-state index in [-0.39, 0.29) is 0 Å². The minimum Gasteiger partial charge on any atom is -0.325 e. The molecule has 11 heavy (non-hydrogen) atoms. The van der Waals surface area contributed by atoms with Gasteiger partial charge in [0.05, 0.1) is 5.69 Å². The van der Waals surface area contributed by atoms with Crippen molar-refractivity contribution in [2.75, 3.05) is 7.05 Å². The third-order valence-electron chi connectivity index (χ3n) is 1.46. The van der Waals surface area contributed by atoms with E-state index in [2.05, 4.69) is 17.2 Å². The molecule has 0 saturated carbocycles. The number of thiazole rings is 1. The summed E-state index contributed by atoms with van der Waals surface area (Å²) in [6.45, 7) is 3.46. The minimum atomic E-state index is 0.551. The van der Waals surface area contributed by atoms with Crippen LogP contribution in [0.5, 0.6) is 0 Å². The molecule has 1 heterocycles. The highest BCUT2D eigenvalue weighted by molar-refractivity contribution is 7.11. The molecule has 1 rings (SSSR count). The fraction of sp³-hybridized carbons (Fsp3) is 0.571. The van der Waals surface area contributed by atoms with Gasteiger partial charge in [0.1, 0.15) is 5.01 Å². The molecule has 0 aliphatic rings. The molecule has 0 atom stereocenters. The van der Waals surface area contributed by atoms with Crippen LogP contribution in [0.2, 0.25) is 0 Å². The summed E-state index contributed by atoms with van der Waals surface area (Å²) in [7, 11) is 1.92. The zero-order valence-corrected chi connectivity index (χ0v) is 7.66. The van der Waals surface area contributed by atoms with Crippen LogP contribution in [0.4, 0.5) is 0 Å². The number of aromatic nitrogens is 1. The number of aryl methyl sites for hydroxylation is 1. The third-order valence-corrected chi connectivity index (χ3v) is 2.49. The van der Waals surface area contributed by atoms with E-state index in [0.29, 0.717) is 6.54 Å². The molecule has 0 aliphatic carbocycles. The first kappa shape index (κ1) is 8.64. The Kier molecular flexibility index (Phi) is 2.99. The molecule has 3 N–H and O–H groups in total. The average Bonchev–Trinajstić information content (AvgIpc) is 2.33. The van der Waals surface area contributed by atoms with Crippen molar-refractivity contribution in [2.45, 2.75) is 20.0 Å². The van der Waals surface area contributed by atoms with Gasteiger partial charge in [0.2, 0.25) is 0 Å². The molecular weight excluding hydrogens is 158 g/mol. The highest BCUT2D eigenvalue weighted by Gasteiger charge is 2.03. The largest absolute Gasteiger partial charge is 0.325 e. The molecule has 0 spiro atoms. The van der Waals surface area contributed by atoms with Gasteiger partial charge in [-0.25, -0.2) is 4.98 Å². The molecule has 1 aromatic heterocycles. The summed E-state index contributed by atoms with van der Waals surface area (Å²) in [6, 6.07) is 0. The molecule has 62 valence electrons. The lowest BCUT2D eigenvalue weighted by Gasteiger charge is -1.93. The third kappa shape index (κ3) is 1.99. The van der Waals surface area contributed by atoms with Gasteiger partial charge in [0, 0.05) is 18.0 Å². The summed E-state index contributed by atoms with van der Waals surface area (Å²) >= 11 is 1.68. The summed E-state index contributed by atoms with van der Waals surface area (Å²) < 4.78 is 0. The smallest absolute Gasteiger partial charge is 0.107 e. The Balaban J connectivity index is 2.79. The predicted molar refractivity (Wildman–Crippen MR) is 47.5 cm³/mol. The van der Waals surface area contributed by atoms with Crippen LogP contribution in [0.25, 0.3) is 0 Å². The molecule has 0 bridgehead atoms. The van der Waals surface area contributed by atoms with E-state index in [9.17, 15) is 0 Å². The number of nitrogens with one attached hydrogen (secondary N) is 1. The predicted octanol–water partition coefficient (Wildman–Crippen LogP) is 0.630. The zero-order valence-electron chi connectivity index (χ0n) is 6.85. The second kappa shape index (κ2) is 3.80. The van der Waals surface area contributed by atoms with E-state index in [0.717, 1.165) is 17.2 Å². The summed E-state index contributed by atoms with van der Waals surface area (Å²) in [5.74, 6) is 0. The van der Waals surface area contributed by atoms with Gasteiger partial charge in [-0.3, -0.25) is 0 Å². The van der Waals surface area contributed by atoms with Gasteiger partial charge in [0.15, 0.2) is 0 Å². The normalized spacial score (nSPS) is 10.5. The number of hydrogen-bond acceptors (Lipinski definition) is 4. The van der Waals surface area contributed by atoms with Gasteiger partial charge in [-0.15, -0.1) is 11.3 Å². The van der Waals surface area contributed by atoms with Gasteiger partial charge in [0.25, 0.3) is 0 Å². The highest BCUT2D eigenvalue weighted by atomic mass is 32.1. The van der Waals surface area contributed by atoms with Gasteiger partial charge >= 0.3 is 0 Å². The first-order valence-corrected chi connectivity index (χ1v) is 4.39. The van der Waals surface area contributed by atoms with E-state index in [1.807, 2.05) is 7.05 Å². The fourth-order valence-corrected chi connectivity index (χ4v) is 1.73. The Morgan fingerprint density at radius 1 is 1.64 bits per heavy atom. The monoisotopic (exact) mass is 171 g/mol. The SMILES string of the molecule is CNCc1nc(CN)sc1C. The lowest BCUT2D eigenvalue weighted by atomic mass is 10.4. The Morgan fingerprint density at radius 2 is 2.36 bits per heavy atom. The maximum absolute atomic E-state index is 5.46. The molecule has 0 fully saturated rings. The molecule has 0 aliphatic heterocycles.